The average Bonchev–Trinajstić information content (AvgIpc) is 3.04. The van der Waals surface area contributed by atoms with Crippen molar-refractivity contribution in [2.75, 3.05) is 17.3 Å². The van der Waals surface area contributed by atoms with Crippen LogP contribution in [-0.2, 0) is 30.0 Å². The molecule has 2 saturated carbocycles. The van der Waals surface area contributed by atoms with Gasteiger partial charge in [-0.05, 0) is 54.8 Å². The van der Waals surface area contributed by atoms with Crippen LogP contribution in [0.4, 0.5) is 0 Å². The van der Waals surface area contributed by atoms with Crippen molar-refractivity contribution < 1.29 is 17.4 Å². The normalized spacial score (nSPS) is 44.3. The number of hydrogen-bond donors (Lipinski definition) is 0. The standard InChI is InChI=1S/C15H23O4S2/c16-11(9-20-4-2-1-3-5-20)8-12-10-6-13-14(7-10)21(17,18)19-15(12)13/h10,12-15H,1-9H2/q+1. The van der Waals surface area contributed by atoms with Crippen LogP contribution in [0.1, 0.15) is 38.5 Å². The first kappa shape index (κ1) is 14.5. The topological polar surface area (TPSA) is 60.4 Å². The molecule has 4 rings (SSSR count). The molecule has 21 heavy (non-hydrogen) atoms. The Morgan fingerprint density at radius 3 is 2.67 bits per heavy atom. The van der Waals surface area contributed by atoms with E-state index in [1.54, 1.807) is 0 Å². The molecule has 0 N–H and O–H groups in total. The van der Waals surface area contributed by atoms with E-state index in [0.29, 0.717) is 29.0 Å². The third-order valence-electron chi connectivity index (χ3n) is 5.85. The zero-order chi connectivity index (χ0) is 14.6. The van der Waals surface area contributed by atoms with Crippen LogP contribution in [-0.4, -0.2) is 42.8 Å². The van der Waals surface area contributed by atoms with Gasteiger partial charge >= 0.3 is 0 Å². The number of rotatable bonds is 4. The van der Waals surface area contributed by atoms with Gasteiger partial charge in [0.05, 0.1) is 11.4 Å². The van der Waals surface area contributed by atoms with Gasteiger partial charge in [0, 0.05) is 12.3 Å². The van der Waals surface area contributed by atoms with Crippen LogP contribution in [0.25, 0.3) is 0 Å². The predicted octanol–water partition coefficient (Wildman–Crippen LogP) is 1.50. The monoisotopic (exact) mass is 331 g/mol. The summed E-state index contributed by atoms with van der Waals surface area (Å²) in [4.78, 5) is 12.4. The van der Waals surface area contributed by atoms with Gasteiger partial charge in [-0.25, -0.2) is 0 Å². The fourth-order valence-electron chi connectivity index (χ4n) is 4.92. The van der Waals surface area contributed by atoms with Crippen molar-refractivity contribution in [3.8, 4) is 0 Å². The Balaban J connectivity index is 1.39. The van der Waals surface area contributed by atoms with E-state index >= 15 is 0 Å². The predicted molar refractivity (Wildman–Crippen MR) is 82.7 cm³/mol. The largest absolute Gasteiger partial charge is 0.294 e. The third-order valence-corrected chi connectivity index (χ3v) is 10.1. The Hall–Kier alpha value is -0.0700. The second kappa shape index (κ2) is 5.24. The van der Waals surface area contributed by atoms with Crippen molar-refractivity contribution >= 4 is 26.8 Å². The average molecular weight is 331 g/mol. The summed E-state index contributed by atoms with van der Waals surface area (Å²) in [6, 6.07) is 0. The molecule has 0 amide bonds. The van der Waals surface area contributed by atoms with Gasteiger partial charge in [0.15, 0.2) is 11.5 Å². The van der Waals surface area contributed by atoms with Crippen molar-refractivity contribution in [2.24, 2.45) is 17.8 Å². The lowest BCUT2D eigenvalue weighted by Crippen LogP contribution is -2.33. The smallest absolute Gasteiger partial charge is 0.270 e. The van der Waals surface area contributed by atoms with Crippen LogP contribution in [0.5, 0.6) is 0 Å². The number of Topliss-reactive ketones (excluding diaryl/α,β-unsaturated/α-hetero) is 1. The van der Waals surface area contributed by atoms with E-state index in [-0.39, 0.29) is 23.2 Å². The van der Waals surface area contributed by atoms with E-state index in [0.717, 1.165) is 18.6 Å². The Morgan fingerprint density at radius 2 is 1.90 bits per heavy atom. The summed E-state index contributed by atoms with van der Waals surface area (Å²) in [6.45, 7) is 0. The van der Waals surface area contributed by atoms with Crippen molar-refractivity contribution in [3.63, 3.8) is 0 Å². The van der Waals surface area contributed by atoms with Gasteiger partial charge in [-0.3, -0.25) is 8.98 Å². The number of fused-ring (bicyclic) bond motifs is 1. The van der Waals surface area contributed by atoms with E-state index in [4.69, 9.17) is 4.18 Å². The molecule has 6 heteroatoms. The minimum atomic E-state index is -3.34. The van der Waals surface area contributed by atoms with Gasteiger partial charge in [-0.1, -0.05) is 0 Å². The van der Waals surface area contributed by atoms with Gasteiger partial charge in [-0.15, -0.1) is 0 Å². The molecule has 4 fully saturated rings. The van der Waals surface area contributed by atoms with E-state index in [9.17, 15) is 13.2 Å². The molecule has 2 bridgehead atoms. The Kier molecular flexibility index (Phi) is 3.62. The highest BCUT2D eigenvalue weighted by atomic mass is 32.2. The summed E-state index contributed by atoms with van der Waals surface area (Å²) in [5, 5.41) is -0.265. The van der Waals surface area contributed by atoms with Gasteiger partial charge < -0.3 is 0 Å². The SMILES string of the molecule is O=C(CC1C2CC3C1OS(=O)(=O)C3C2)C[S+]1CCCCC1. The summed E-state index contributed by atoms with van der Waals surface area (Å²) in [5.41, 5.74) is 0. The van der Waals surface area contributed by atoms with Crippen LogP contribution < -0.4 is 0 Å². The van der Waals surface area contributed by atoms with Crippen LogP contribution >= 0.6 is 0 Å². The molecule has 4 aliphatic rings. The first-order chi connectivity index (χ1) is 10.0. The lowest BCUT2D eigenvalue weighted by Gasteiger charge is -2.24. The second-order valence-electron chi connectivity index (χ2n) is 7.12. The molecule has 0 aromatic carbocycles. The maximum atomic E-state index is 12.4. The highest BCUT2D eigenvalue weighted by Gasteiger charge is 2.63. The number of carbonyl (C=O) groups excluding carboxylic acids is 1. The Bertz CT molecular complexity index is 538. The van der Waals surface area contributed by atoms with Gasteiger partial charge in [0.25, 0.3) is 10.1 Å². The van der Waals surface area contributed by atoms with E-state index in [1.165, 1.54) is 30.8 Å². The zero-order valence-electron chi connectivity index (χ0n) is 12.2. The summed E-state index contributed by atoms with van der Waals surface area (Å²) < 4.78 is 29.2. The lowest BCUT2D eigenvalue weighted by molar-refractivity contribution is -0.118. The molecule has 2 aliphatic heterocycles. The molecule has 118 valence electrons. The molecule has 2 heterocycles. The molecule has 0 radical (unpaired) electrons. The first-order valence-corrected chi connectivity index (χ1v) is 11.3. The lowest BCUT2D eigenvalue weighted by atomic mass is 9.83. The molecule has 0 aromatic heterocycles. The van der Waals surface area contributed by atoms with E-state index in [2.05, 4.69) is 0 Å². The van der Waals surface area contributed by atoms with Crippen molar-refractivity contribution in [3.05, 3.63) is 0 Å². The molecular formula is C15H23O4S2+. The fraction of sp³-hybridized carbons (Fsp3) is 0.933. The molecule has 5 atom stereocenters. The van der Waals surface area contributed by atoms with Gasteiger partial charge in [0.1, 0.15) is 11.5 Å². The summed E-state index contributed by atoms with van der Waals surface area (Å²) >= 11 is 0. The molecule has 2 aliphatic carbocycles. The van der Waals surface area contributed by atoms with Gasteiger partial charge in [0.2, 0.25) is 0 Å². The van der Waals surface area contributed by atoms with Crippen molar-refractivity contribution in [1.82, 2.24) is 0 Å². The zero-order valence-corrected chi connectivity index (χ0v) is 13.8. The maximum absolute atomic E-state index is 12.4. The maximum Gasteiger partial charge on any atom is 0.270 e. The second-order valence-corrected chi connectivity index (χ2v) is 11.2. The summed E-state index contributed by atoms with van der Waals surface area (Å²) in [5.74, 6) is 4.27. The van der Waals surface area contributed by atoms with E-state index in [1.807, 2.05) is 0 Å². The van der Waals surface area contributed by atoms with Crippen molar-refractivity contribution in [2.45, 2.75) is 49.9 Å². The fourth-order valence-corrected chi connectivity index (χ4v) is 9.13. The summed E-state index contributed by atoms with van der Waals surface area (Å²) in [6.07, 6.45) is 5.92. The molecular weight excluding hydrogens is 308 g/mol. The van der Waals surface area contributed by atoms with Crippen LogP contribution in [0.3, 0.4) is 0 Å². The third kappa shape index (κ3) is 2.47. The number of carbonyl (C=O) groups is 1. The first-order valence-electron chi connectivity index (χ1n) is 8.12. The Morgan fingerprint density at radius 1 is 1.14 bits per heavy atom. The van der Waals surface area contributed by atoms with Gasteiger partial charge in [-0.2, -0.15) is 8.42 Å². The highest BCUT2D eigenvalue weighted by molar-refractivity contribution is 7.97. The van der Waals surface area contributed by atoms with E-state index < -0.39 is 10.1 Å². The molecule has 0 aromatic rings. The number of ketones is 1. The van der Waals surface area contributed by atoms with Crippen molar-refractivity contribution in [1.29, 1.82) is 0 Å². The molecule has 5 unspecified atom stereocenters. The minimum Gasteiger partial charge on any atom is -0.294 e. The van der Waals surface area contributed by atoms with Crippen LogP contribution in [0.2, 0.25) is 0 Å². The molecule has 0 spiro atoms. The van der Waals surface area contributed by atoms with Crippen LogP contribution in [0.15, 0.2) is 0 Å². The molecule has 2 saturated heterocycles. The summed E-state index contributed by atoms with van der Waals surface area (Å²) in [7, 11) is -3.04. The quantitative estimate of drug-likeness (QED) is 0.579. The number of hydrogen-bond acceptors (Lipinski definition) is 4. The molecule has 4 nitrogen and oxygen atoms in total. The van der Waals surface area contributed by atoms with Crippen LogP contribution in [0, 0.1) is 17.8 Å². The Labute approximate surface area is 129 Å². The highest BCUT2D eigenvalue weighted by Crippen LogP contribution is 2.58. The minimum absolute atomic E-state index is 0.171.